The lowest BCUT2D eigenvalue weighted by Gasteiger charge is -2.39. The molecule has 0 bridgehead atoms. The highest BCUT2D eigenvalue weighted by molar-refractivity contribution is 6.20. The number of hydroxylamine groups is 2. The quantitative estimate of drug-likeness (QED) is 0.802. The molecule has 1 aliphatic carbocycles. The Morgan fingerprint density at radius 3 is 2.18 bits per heavy atom. The Morgan fingerprint density at radius 2 is 1.77 bits per heavy atom. The number of hydrogen-bond donors (Lipinski definition) is 0. The maximum atomic E-state index is 13.5. The van der Waals surface area contributed by atoms with Gasteiger partial charge in [-0.2, -0.15) is 0 Å². The molecule has 1 aromatic rings. The van der Waals surface area contributed by atoms with E-state index in [-0.39, 0.29) is 17.5 Å². The summed E-state index contributed by atoms with van der Waals surface area (Å²) in [6, 6.07) is 6.21. The highest BCUT2D eigenvalue weighted by Crippen LogP contribution is 2.50. The maximum Gasteiger partial charge on any atom is 0.334 e. The lowest BCUT2D eigenvalue weighted by molar-refractivity contribution is -0.172. The molecule has 0 saturated heterocycles. The van der Waals surface area contributed by atoms with Crippen LogP contribution in [0.15, 0.2) is 36.7 Å². The molecule has 2 amide bonds. The van der Waals surface area contributed by atoms with E-state index in [0.717, 1.165) is 6.42 Å². The van der Waals surface area contributed by atoms with E-state index in [1.165, 1.54) is 12.1 Å². The van der Waals surface area contributed by atoms with Crippen LogP contribution in [0.3, 0.4) is 0 Å². The lowest BCUT2D eigenvalue weighted by Crippen LogP contribution is -2.37. The first-order chi connectivity index (χ1) is 10.4. The van der Waals surface area contributed by atoms with Crippen LogP contribution < -0.4 is 0 Å². The first-order valence-electron chi connectivity index (χ1n) is 6.98. The van der Waals surface area contributed by atoms with Crippen molar-refractivity contribution in [3.8, 4) is 0 Å². The molecule has 22 heavy (non-hydrogen) atoms. The number of allylic oxidation sites excluding steroid dienone is 1. The molecule has 0 spiro atoms. The molecule has 0 atom stereocenters. The Balaban J connectivity index is 1.72. The van der Waals surface area contributed by atoms with Gasteiger partial charge in [0.25, 0.3) is 11.8 Å². The summed E-state index contributed by atoms with van der Waals surface area (Å²) in [7, 11) is 0. The van der Waals surface area contributed by atoms with Crippen LogP contribution in [-0.4, -0.2) is 22.8 Å². The molecule has 0 radical (unpaired) electrons. The monoisotopic (exact) mass is 303 g/mol. The van der Waals surface area contributed by atoms with Crippen molar-refractivity contribution in [3.05, 3.63) is 47.8 Å². The van der Waals surface area contributed by atoms with Crippen molar-refractivity contribution >= 4 is 17.8 Å². The van der Waals surface area contributed by atoms with Crippen LogP contribution in [0.1, 0.15) is 46.4 Å². The molecule has 114 valence electrons. The molecule has 0 unspecified atom stereocenters. The Bertz CT molecular complexity index is 658. The Labute approximate surface area is 126 Å². The van der Waals surface area contributed by atoms with E-state index in [1.807, 2.05) is 0 Å². The number of carbonyl (C=O) groups is 3. The highest BCUT2D eigenvalue weighted by Gasteiger charge is 2.45. The molecule has 1 aliphatic heterocycles. The number of benzene rings is 1. The van der Waals surface area contributed by atoms with Crippen LogP contribution in [0, 0.1) is 5.41 Å². The van der Waals surface area contributed by atoms with Crippen LogP contribution in [0.4, 0.5) is 4.39 Å². The molecule has 3 rings (SSSR count). The van der Waals surface area contributed by atoms with Gasteiger partial charge in [-0.1, -0.05) is 30.2 Å². The third-order valence-electron chi connectivity index (χ3n) is 4.32. The van der Waals surface area contributed by atoms with Gasteiger partial charge in [0.15, 0.2) is 0 Å². The zero-order chi connectivity index (χ0) is 15.9. The first-order valence-corrected chi connectivity index (χ1v) is 6.98. The molecular formula is C16H14FNO4. The van der Waals surface area contributed by atoms with Crippen LogP contribution in [0.2, 0.25) is 0 Å². The molecule has 1 aromatic carbocycles. The van der Waals surface area contributed by atoms with Crippen molar-refractivity contribution in [2.75, 3.05) is 0 Å². The van der Waals surface area contributed by atoms with Gasteiger partial charge < -0.3 is 4.84 Å². The number of fused-ring (bicyclic) bond motifs is 1. The molecule has 6 heteroatoms. The van der Waals surface area contributed by atoms with E-state index < -0.39 is 29.0 Å². The minimum Gasteiger partial charge on any atom is -0.330 e. The summed E-state index contributed by atoms with van der Waals surface area (Å²) in [6.07, 6.45) is 1.61. The number of halogens is 1. The fourth-order valence-corrected chi connectivity index (χ4v) is 2.81. The summed E-state index contributed by atoms with van der Waals surface area (Å²) in [5.41, 5.74) is -0.530. The van der Waals surface area contributed by atoms with Gasteiger partial charge >= 0.3 is 5.97 Å². The van der Waals surface area contributed by atoms with Gasteiger partial charge in [-0.3, -0.25) is 9.59 Å². The van der Waals surface area contributed by atoms with Crippen molar-refractivity contribution in [1.82, 2.24) is 5.06 Å². The molecule has 1 saturated carbocycles. The summed E-state index contributed by atoms with van der Waals surface area (Å²) < 4.78 is 13.5. The summed E-state index contributed by atoms with van der Waals surface area (Å²) in [5, 5.41) is 0.445. The Hall–Kier alpha value is -2.50. The minimum atomic E-state index is -0.907. The zero-order valence-corrected chi connectivity index (χ0v) is 11.8. The molecule has 5 nitrogen and oxygen atoms in total. The summed E-state index contributed by atoms with van der Waals surface area (Å²) in [4.78, 5) is 41.0. The van der Waals surface area contributed by atoms with Crippen molar-refractivity contribution in [2.24, 2.45) is 5.41 Å². The fraction of sp³-hybridized carbons (Fsp3) is 0.312. The zero-order valence-electron chi connectivity index (χ0n) is 11.8. The Morgan fingerprint density at radius 1 is 1.23 bits per heavy atom. The first kappa shape index (κ1) is 14.4. The summed E-state index contributed by atoms with van der Waals surface area (Å²) in [6.45, 7) is 3.27. The lowest BCUT2D eigenvalue weighted by atomic mass is 9.66. The molecule has 1 fully saturated rings. The third-order valence-corrected chi connectivity index (χ3v) is 4.32. The second-order valence-corrected chi connectivity index (χ2v) is 5.63. The standard InChI is InChI=1S/C16H14FNO4/c1-10(17)16(7-4-8-16)9-13(19)22-18-14(20)11-5-2-3-6-12(11)15(18)21/h2-3,5-6H,1,4,7-9H2. The SMILES string of the molecule is C=C(F)C1(CC(=O)ON2C(=O)c3ccccc3C2=O)CCC1. The van der Waals surface area contributed by atoms with E-state index in [9.17, 15) is 18.8 Å². The molecule has 2 aliphatic rings. The number of nitrogens with zero attached hydrogens (tertiary/aromatic N) is 1. The largest absolute Gasteiger partial charge is 0.334 e. The van der Waals surface area contributed by atoms with E-state index in [0.29, 0.717) is 17.9 Å². The second kappa shape index (κ2) is 5.05. The number of imide groups is 1. The van der Waals surface area contributed by atoms with Gasteiger partial charge in [0.1, 0.15) is 0 Å². The summed E-state index contributed by atoms with van der Waals surface area (Å²) >= 11 is 0. The Kier molecular flexibility index (Phi) is 3.31. The number of amides is 2. The van der Waals surface area contributed by atoms with E-state index in [1.54, 1.807) is 12.1 Å². The van der Waals surface area contributed by atoms with Crippen LogP contribution >= 0.6 is 0 Å². The van der Waals surface area contributed by atoms with Crippen LogP contribution in [-0.2, 0) is 9.63 Å². The molecule has 0 aromatic heterocycles. The highest BCUT2D eigenvalue weighted by atomic mass is 19.1. The topological polar surface area (TPSA) is 63.7 Å². The maximum absolute atomic E-state index is 13.5. The van der Waals surface area contributed by atoms with Gasteiger partial charge in [-0.15, -0.1) is 0 Å². The number of rotatable bonds is 4. The van der Waals surface area contributed by atoms with Crippen molar-refractivity contribution < 1.29 is 23.6 Å². The van der Waals surface area contributed by atoms with Gasteiger partial charge in [0.2, 0.25) is 0 Å². The minimum absolute atomic E-state index is 0.188. The van der Waals surface area contributed by atoms with Gasteiger partial charge in [-0.05, 0) is 25.0 Å². The van der Waals surface area contributed by atoms with E-state index >= 15 is 0 Å². The number of hydrogen-bond acceptors (Lipinski definition) is 4. The number of carbonyl (C=O) groups excluding carboxylic acids is 3. The average Bonchev–Trinajstić information content (AvgIpc) is 2.68. The van der Waals surface area contributed by atoms with Crippen LogP contribution in [0.5, 0.6) is 0 Å². The molecule has 1 heterocycles. The second-order valence-electron chi connectivity index (χ2n) is 5.63. The molecular weight excluding hydrogens is 289 g/mol. The average molecular weight is 303 g/mol. The predicted molar refractivity (Wildman–Crippen MR) is 74.2 cm³/mol. The predicted octanol–water partition coefficient (Wildman–Crippen LogP) is 2.78. The van der Waals surface area contributed by atoms with E-state index in [2.05, 4.69) is 6.58 Å². The van der Waals surface area contributed by atoms with E-state index in [4.69, 9.17) is 4.84 Å². The molecule has 0 N–H and O–H groups in total. The fourth-order valence-electron chi connectivity index (χ4n) is 2.81. The van der Waals surface area contributed by atoms with Gasteiger partial charge in [0.05, 0.1) is 23.4 Å². The summed E-state index contributed by atoms with van der Waals surface area (Å²) in [5.74, 6) is -2.74. The van der Waals surface area contributed by atoms with Crippen molar-refractivity contribution in [1.29, 1.82) is 0 Å². The van der Waals surface area contributed by atoms with Crippen molar-refractivity contribution in [2.45, 2.75) is 25.7 Å². The van der Waals surface area contributed by atoms with Gasteiger partial charge in [-0.25, -0.2) is 9.18 Å². The van der Waals surface area contributed by atoms with Gasteiger partial charge in [0, 0.05) is 5.41 Å². The van der Waals surface area contributed by atoms with Crippen molar-refractivity contribution in [3.63, 3.8) is 0 Å². The van der Waals surface area contributed by atoms with Crippen LogP contribution in [0.25, 0.3) is 0 Å². The smallest absolute Gasteiger partial charge is 0.330 e. The third kappa shape index (κ3) is 2.11. The normalized spacial score (nSPS) is 18.7.